The number of aromatic hydroxyl groups is 1. The summed E-state index contributed by atoms with van der Waals surface area (Å²) in [6.45, 7) is -0.472. The van der Waals surface area contributed by atoms with Crippen LogP contribution in [0.4, 0.5) is 0 Å². The molecule has 1 amide bonds. The largest absolute Gasteiger partial charge is 0.493 e. The normalized spacial score (nSPS) is 23.1. The fraction of sp³-hybridized carbons (Fsp3) is 0.400. The fourth-order valence-electron chi connectivity index (χ4n) is 3.14. The van der Waals surface area contributed by atoms with E-state index in [4.69, 9.17) is 25.7 Å². The molecule has 1 saturated heterocycles. The molecule has 2 aromatic rings. The molecular weight excluding hydrogens is 440 g/mol. The van der Waals surface area contributed by atoms with Gasteiger partial charge in [0.25, 0.3) is 5.91 Å². The summed E-state index contributed by atoms with van der Waals surface area (Å²) in [6, 6.07) is 7.63. The summed E-state index contributed by atoms with van der Waals surface area (Å²) in [5.41, 5.74) is 11.1. The Hall–Kier alpha value is -3.52. The topological polar surface area (TPSA) is 209 Å². The Morgan fingerprint density at radius 3 is 2.48 bits per heavy atom. The molecule has 5 atom stereocenters. The smallest absolute Gasteiger partial charge is 0.323 e. The first-order valence-electron chi connectivity index (χ1n) is 9.88. The molecule has 1 fully saturated rings. The molecule has 0 radical (unpaired) electrons. The third-order valence-electron chi connectivity index (χ3n) is 4.93. The van der Waals surface area contributed by atoms with Crippen molar-refractivity contribution in [2.24, 2.45) is 11.5 Å². The monoisotopic (exact) mass is 464 g/mol. The predicted octanol–water partition coefficient (Wildman–Crippen LogP) is -1.69. The summed E-state index contributed by atoms with van der Waals surface area (Å²) < 4.78 is 16.4. The second-order valence-corrected chi connectivity index (χ2v) is 7.32. The van der Waals surface area contributed by atoms with Crippen LogP contribution in [0.15, 0.2) is 36.7 Å². The van der Waals surface area contributed by atoms with E-state index in [9.17, 15) is 29.7 Å². The van der Waals surface area contributed by atoms with Crippen LogP contribution >= 0.6 is 0 Å². The Bertz CT molecular complexity index is 997. The lowest BCUT2D eigenvalue weighted by Gasteiger charge is -2.17. The maximum atomic E-state index is 12.1. The van der Waals surface area contributed by atoms with Gasteiger partial charge in [0.05, 0.1) is 6.42 Å². The van der Waals surface area contributed by atoms with Crippen LogP contribution in [0.3, 0.4) is 0 Å². The SMILES string of the molecule is NC(=O)c1ncn([C@@H]2O[C@H](COC(=O)[C@@H](N)CC(=O)OCc3ccccc3)[C@@H](O)[C@H]2O)c1O. The molecule has 178 valence electrons. The predicted molar refractivity (Wildman–Crippen MR) is 108 cm³/mol. The third kappa shape index (κ3) is 5.64. The highest BCUT2D eigenvalue weighted by molar-refractivity contribution is 5.93. The second kappa shape index (κ2) is 10.4. The van der Waals surface area contributed by atoms with Gasteiger partial charge in [-0.15, -0.1) is 0 Å². The molecule has 0 bridgehead atoms. The van der Waals surface area contributed by atoms with Crippen LogP contribution in [0.5, 0.6) is 5.88 Å². The van der Waals surface area contributed by atoms with Crippen molar-refractivity contribution >= 4 is 17.8 Å². The zero-order chi connectivity index (χ0) is 24.1. The number of ether oxygens (including phenoxy) is 3. The number of amides is 1. The lowest BCUT2D eigenvalue weighted by Crippen LogP contribution is -2.39. The number of aliphatic hydroxyl groups excluding tert-OH is 2. The first-order chi connectivity index (χ1) is 15.7. The van der Waals surface area contributed by atoms with Gasteiger partial charge in [0.1, 0.15) is 43.9 Å². The number of primary amides is 1. The Kier molecular flexibility index (Phi) is 7.60. The Labute approximate surface area is 187 Å². The van der Waals surface area contributed by atoms with E-state index in [-0.39, 0.29) is 6.61 Å². The Morgan fingerprint density at radius 2 is 1.85 bits per heavy atom. The first-order valence-corrected chi connectivity index (χ1v) is 9.88. The maximum absolute atomic E-state index is 12.1. The van der Waals surface area contributed by atoms with Gasteiger partial charge in [0.15, 0.2) is 11.9 Å². The van der Waals surface area contributed by atoms with Crippen LogP contribution in [-0.4, -0.2) is 73.7 Å². The van der Waals surface area contributed by atoms with Crippen molar-refractivity contribution in [1.82, 2.24) is 9.55 Å². The van der Waals surface area contributed by atoms with E-state index in [0.29, 0.717) is 0 Å². The van der Waals surface area contributed by atoms with E-state index in [2.05, 4.69) is 4.98 Å². The number of rotatable bonds is 9. The summed E-state index contributed by atoms with van der Waals surface area (Å²) in [5, 5.41) is 30.4. The van der Waals surface area contributed by atoms with E-state index in [1.807, 2.05) is 6.07 Å². The van der Waals surface area contributed by atoms with Gasteiger partial charge in [0, 0.05) is 0 Å². The van der Waals surface area contributed by atoms with Crippen molar-refractivity contribution in [3.05, 3.63) is 47.9 Å². The standard InChI is InChI=1S/C20H24N4O9/c21-11(6-13(25)31-7-10-4-2-1-3-5-10)20(30)32-8-12-15(26)16(27)19(33-12)24-9-23-14(17(22)28)18(24)29/h1-5,9,11-12,15-16,19,26-27,29H,6-8,21H2,(H2,22,28)/t11-,12+,15+,16+,19+/m0/s1. The van der Waals surface area contributed by atoms with Crippen molar-refractivity contribution < 1.29 is 43.9 Å². The molecule has 2 heterocycles. The first kappa shape index (κ1) is 24.1. The van der Waals surface area contributed by atoms with Gasteiger partial charge >= 0.3 is 11.9 Å². The number of imidazole rings is 1. The number of nitrogens with zero attached hydrogens (tertiary/aromatic N) is 2. The lowest BCUT2D eigenvalue weighted by atomic mass is 10.1. The van der Waals surface area contributed by atoms with Crippen molar-refractivity contribution in [3.63, 3.8) is 0 Å². The van der Waals surface area contributed by atoms with Crippen molar-refractivity contribution in [2.45, 2.75) is 43.6 Å². The number of hydrogen-bond acceptors (Lipinski definition) is 11. The van der Waals surface area contributed by atoms with Gasteiger partial charge < -0.3 is 41.0 Å². The summed E-state index contributed by atoms with van der Waals surface area (Å²) in [5.74, 6) is -3.30. The maximum Gasteiger partial charge on any atom is 0.323 e. The molecule has 1 aliphatic heterocycles. The van der Waals surface area contributed by atoms with E-state index >= 15 is 0 Å². The van der Waals surface area contributed by atoms with Crippen LogP contribution in [0.2, 0.25) is 0 Å². The number of aliphatic hydroxyl groups is 2. The number of hydrogen-bond donors (Lipinski definition) is 5. The Balaban J connectivity index is 1.49. The van der Waals surface area contributed by atoms with E-state index in [0.717, 1.165) is 16.5 Å². The van der Waals surface area contributed by atoms with Gasteiger partial charge in [-0.25, -0.2) is 4.98 Å². The molecule has 13 heteroatoms. The van der Waals surface area contributed by atoms with Crippen LogP contribution in [0, 0.1) is 0 Å². The van der Waals surface area contributed by atoms with Gasteiger partial charge in [-0.2, -0.15) is 0 Å². The van der Waals surface area contributed by atoms with Gasteiger partial charge in [-0.1, -0.05) is 30.3 Å². The van der Waals surface area contributed by atoms with Crippen molar-refractivity contribution in [2.75, 3.05) is 6.61 Å². The molecule has 1 aromatic carbocycles. The number of aromatic nitrogens is 2. The molecular formula is C20H24N4O9. The number of benzene rings is 1. The third-order valence-corrected chi connectivity index (χ3v) is 4.93. The minimum absolute atomic E-state index is 0.0292. The number of esters is 2. The zero-order valence-corrected chi connectivity index (χ0v) is 17.3. The fourth-order valence-corrected chi connectivity index (χ4v) is 3.14. The van der Waals surface area contributed by atoms with E-state index in [1.165, 1.54) is 0 Å². The molecule has 0 saturated carbocycles. The highest BCUT2D eigenvalue weighted by atomic mass is 16.6. The minimum Gasteiger partial charge on any atom is -0.493 e. The van der Waals surface area contributed by atoms with Gasteiger partial charge in [0.2, 0.25) is 5.88 Å². The van der Waals surface area contributed by atoms with E-state index < -0.39 is 73.0 Å². The summed E-state index contributed by atoms with van der Waals surface area (Å²) in [7, 11) is 0. The number of carbonyl (C=O) groups excluding carboxylic acids is 3. The molecule has 0 aliphatic carbocycles. The highest BCUT2D eigenvalue weighted by Crippen LogP contribution is 2.33. The van der Waals surface area contributed by atoms with Gasteiger partial charge in [-0.3, -0.25) is 19.0 Å². The van der Waals surface area contributed by atoms with Crippen LogP contribution < -0.4 is 11.5 Å². The van der Waals surface area contributed by atoms with Gasteiger partial charge in [-0.05, 0) is 5.56 Å². The van der Waals surface area contributed by atoms with Crippen LogP contribution in [0.25, 0.3) is 0 Å². The van der Waals surface area contributed by atoms with E-state index in [1.54, 1.807) is 24.3 Å². The molecule has 0 unspecified atom stereocenters. The highest BCUT2D eigenvalue weighted by Gasteiger charge is 2.45. The average Bonchev–Trinajstić information content (AvgIpc) is 3.31. The van der Waals surface area contributed by atoms with Crippen LogP contribution in [-0.2, 0) is 30.4 Å². The molecule has 7 N–H and O–H groups in total. The second-order valence-electron chi connectivity index (χ2n) is 7.32. The summed E-state index contributed by atoms with van der Waals surface area (Å²) >= 11 is 0. The molecule has 3 rings (SSSR count). The molecule has 0 spiro atoms. The minimum atomic E-state index is -1.55. The summed E-state index contributed by atoms with van der Waals surface area (Å²) in [4.78, 5) is 38.9. The Morgan fingerprint density at radius 1 is 1.15 bits per heavy atom. The molecule has 13 nitrogen and oxygen atoms in total. The average molecular weight is 464 g/mol. The number of nitrogens with two attached hydrogens (primary N) is 2. The lowest BCUT2D eigenvalue weighted by molar-refractivity contribution is -0.156. The zero-order valence-electron chi connectivity index (χ0n) is 17.3. The number of carbonyl (C=O) groups is 3. The van der Waals surface area contributed by atoms with Crippen molar-refractivity contribution in [3.8, 4) is 5.88 Å². The molecule has 1 aromatic heterocycles. The quantitative estimate of drug-likeness (QED) is 0.264. The van der Waals surface area contributed by atoms with Crippen LogP contribution in [0.1, 0.15) is 28.7 Å². The molecule has 1 aliphatic rings. The summed E-state index contributed by atoms with van der Waals surface area (Å²) in [6.07, 6.45) is -4.99. The molecule has 33 heavy (non-hydrogen) atoms. The van der Waals surface area contributed by atoms with Crippen molar-refractivity contribution in [1.29, 1.82) is 0 Å².